The topological polar surface area (TPSA) is 55.8 Å². The first-order valence-electron chi connectivity index (χ1n) is 4.79. The lowest BCUT2D eigenvalue weighted by molar-refractivity contribution is -0.273. The second-order valence-corrected chi connectivity index (χ2v) is 3.42. The van der Waals surface area contributed by atoms with Gasteiger partial charge in [0.1, 0.15) is 5.75 Å². The van der Waals surface area contributed by atoms with Crippen molar-refractivity contribution >= 4 is 5.97 Å². The zero-order valence-corrected chi connectivity index (χ0v) is 9.62. The van der Waals surface area contributed by atoms with E-state index in [0.29, 0.717) is 7.11 Å². The summed E-state index contributed by atoms with van der Waals surface area (Å²) in [5.74, 6) is -2.02. The molecule has 0 fully saturated rings. The molecule has 0 saturated carbocycles. The van der Waals surface area contributed by atoms with Crippen molar-refractivity contribution in [1.82, 2.24) is 0 Å². The standard InChI is InChI=1S/C11H11F3O4/c1-17-8-5-3-4-7(6-8)10(18-2,9(15)16)11(12,13)14/h3-6H,1-2H3,(H,15,16). The van der Waals surface area contributed by atoms with E-state index in [1.54, 1.807) is 0 Å². The first kappa shape index (κ1) is 14.3. The fourth-order valence-electron chi connectivity index (χ4n) is 1.57. The predicted octanol–water partition coefficient (Wildman–Crippen LogP) is 2.18. The Labute approximate surface area is 101 Å². The molecule has 1 N–H and O–H groups in total. The number of carboxylic acid groups (broad SMARTS) is 1. The highest BCUT2D eigenvalue weighted by molar-refractivity contribution is 5.81. The van der Waals surface area contributed by atoms with Crippen LogP contribution in [0.2, 0.25) is 0 Å². The third-order valence-electron chi connectivity index (χ3n) is 2.48. The number of rotatable bonds is 4. The van der Waals surface area contributed by atoms with Crippen LogP contribution < -0.4 is 4.74 Å². The van der Waals surface area contributed by atoms with Gasteiger partial charge < -0.3 is 14.6 Å². The molecule has 0 aliphatic heterocycles. The van der Waals surface area contributed by atoms with Gasteiger partial charge in [-0.1, -0.05) is 12.1 Å². The van der Waals surface area contributed by atoms with Gasteiger partial charge in [0, 0.05) is 12.7 Å². The number of benzene rings is 1. The smallest absolute Gasteiger partial charge is 0.432 e. The number of methoxy groups -OCH3 is 2. The number of halogens is 3. The van der Waals surface area contributed by atoms with Crippen molar-refractivity contribution in [1.29, 1.82) is 0 Å². The van der Waals surface area contributed by atoms with E-state index >= 15 is 0 Å². The van der Waals surface area contributed by atoms with Crippen molar-refractivity contribution in [3.63, 3.8) is 0 Å². The van der Waals surface area contributed by atoms with Crippen LogP contribution >= 0.6 is 0 Å². The summed E-state index contributed by atoms with van der Waals surface area (Å²) in [6, 6.07) is 4.66. The minimum Gasteiger partial charge on any atom is -0.497 e. The minimum atomic E-state index is -5.10. The van der Waals surface area contributed by atoms with Gasteiger partial charge in [0.05, 0.1) is 7.11 Å². The minimum absolute atomic E-state index is 0.111. The molecule has 0 aliphatic carbocycles. The Morgan fingerprint density at radius 3 is 2.28 bits per heavy atom. The van der Waals surface area contributed by atoms with Crippen molar-refractivity contribution in [2.24, 2.45) is 0 Å². The van der Waals surface area contributed by atoms with Crippen LogP contribution in [0.25, 0.3) is 0 Å². The molecule has 0 saturated heterocycles. The van der Waals surface area contributed by atoms with E-state index in [0.717, 1.165) is 12.1 Å². The summed E-state index contributed by atoms with van der Waals surface area (Å²) in [7, 11) is 1.96. The molecular weight excluding hydrogens is 253 g/mol. The number of hydrogen-bond acceptors (Lipinski definition) is 3. The molecule has 0 radical (unpaired) electrons. The number of ether oxygens (including phenoxy) is 2. The zero-order chi connectivity index (χ0) is 14.0. The Morgan fingerprint density at radius 2 is 1.89 bits per heavy atom. The lowest BCUT2D eigenvalue weighted by Crippen LogP contribution is -2.50. The van der Waals surface area contributed by atoms with Crippen molar-refractivity contribution in [2.75, 3.05) is 14.2 Å². The maximum Gasteiger partial charge on any atom is 0.432 e. The third-order valence-corrected chi connectivity index (χ3v) is 2.48. The zero-order valence-electron chi connectivity index (χ0n) is 9.62. The van der Waals surface area contributed by atoms with E-state index in [-0.39, 0.29) is 5.75 Å². The molecule has 1 unspecified atom stereocenters. The van der Waals surface area contributed by atoms with Crippen LogP contribution in [0.1, 0.15) is 5.56 Å². The molecule has 0 aliphatic rings. The molecule has 1 atom stereocenters. The average molecular weight is 264 g/mol. The Kier molecular flexibility index (Phi) is 3.85. The lowest BCUT2D eigenvalue weighted by atomic mass is 9.92. The molecule has 1 aromatic rings. The van der Waals surface area contributed by atoms with Crippen LogP contribution in [0.15, 0.2) is 24.3 Å². The SMILES string of the molecule is COc1cccc(C(OC)(C(=O)O)C(F)(F)F)c1. The van der Waals surface area contributed by atoms with Crippen LogP contribution in [0.4, 0.5) is 13.2 Å². The Balaban J connectivity index is 3.47. The number of alkyl halides is 3. The molecule has 0 amide bonds. The second kappa shape index (κ2) is 4.85. The Bertz CT molecular complexity index is 444. The summed E-state index contributed by atoms with van der Waals surface area (Å²) in [5.41, 5.74) is -3.95. The molecule has 0 bridgehead atoms. The van der Waals surface area contributed by atoms with Gasteiger partial charge >= 0.3 is 12.1 Å². The maximum atomic E-state index is 13.0. The molecule has 0 spiro atoms. The van der Waals surface area contributed by atoms with Crippen LogP contribution in [-0.2, 0) is 15.1 Å². The van der Waals surface area contributed by atoms with E-state index in [1.165, 1.54) is 19.2 Å². The van der Waals surface area contributed by atoms with Gasteiger partial charge in [-0.15, -0.1) is 0 Å². The molecule has 1 rings (SSSR count). The second-order valence-electron chi connectivity index (χ2n) is 3.42. The summed E-state index contributed by atoms with van der Waals surface area (Å²) < 4.78 is 48.0. The van der Waals surface area contributed by atoms with Gasteiger partial charge in [-0.3, -0.25) is 0 Å². The summed E-state index contributed by atoms with van der Waals surface area (Å²) in [4.78, 5) is 11.0. The molecule has 1 aromatic carbocycles. The van der Waals surface area contributed by atoms with Gasteiger partial charge in [0.2, 0.25) is 0 Å². The highest BCUT2D eigenvalue weighted by Crippen LogP contribution is 2.42. The number of hydrogen-bond donors (Lipinski definition) is 1. The van der Waals surface area contributed by atoms with Crippen LogP contribution in [-0.4, -0.2) is 31.5 Å². The summed E-state index contributed by atoms with van der Waals surface area (Å²) in [6.45, 7) is 0. The first-order valence-corrected chi connectivity index (χ1v) is 4.79. The number of carbonyl (C=O) groups is 1. The van der Waals surface area contributed by atoms with E-state index in [9.17, 15) is 18.0 Å². The number of carboxylic acids is 1. The van der Waals surface area contributed by atoms with Gasteiger partial charge in [-0.05, 0) is 12.1 Å². The van der Waals surface area contributed by atoms with Crippen molar-refractivity contribution in [3.8, 4) is 5.75 Å². The van der Waals surface area contributed by atoms with Crippen LogP contribution in [0.5, 0.6) is 5.75 Å². The molecule has 18 heavy (non-hydrogen) atoms. The fourth-order valence-corrected chi connectivity index (χ4v) is 1.57. The molecule has 0 aromatic heterocycles. The highest BCUT2D eigenvalue weighted by Gasteiger charge is 2.63. The largest absolute Gasteiger partial charge is 0.497 e. The van der Waals surface area contributed by atoms with Gasteiger partial charge in [-0.25, -0.2) is 4.79 Å². The third kappa shape index (κ3) is 2.13. The van der Waals surface area contributed by atoms with Crippen LogP contribution in [0, 0.1) is 0 Å². The molecule has 0 heterocycles. The van der Waals surface area contributed by atoms with Gasteiger partial charge in [0.15, 0.2) is 0 Å². The Hall–Kier alpha value is -1.76. The highest BCUT2D eigenvalue weighted by atomic mass is 19.4. The molecule has 100 valence electrons. The lowest BCUT2D eigenvalue weighted by Gasteiger charge is -2.30. The van der Waals surface area contributed by atoms with E-state index in [1.807, 2.05) is 0 Å². The van der Waals surface area contributed by atoms with E-state index < -0.39 is 23.3 Å². The normalized spacial score (nSPS) is 14.9. The van der Waals surface area contributed by atoms with Gasteiger partial charge in [0.25, 0.3) is 5.60 Å². The van der Waals surface area contributed by atoms with Crippen molar-refractivity contribution < 1.29 is 32.5 Å². The van der Waals surface area contributed by atoms with Crippen LogP contribution in [0.3, 0.4) is 0 Å². The van der Waals surface area contributed by atoms with E-state index in [2.05, 4.69) is 4.74 Å². The summed E-state index contributed by atoms with van der Waals surface area (Å²) in [6.07, 6.45) is -5.10. The van der Waals surface area contributed by atoms with Crippen molar-refractivity contribution in [3.05, 3.63) is 29.8 Å². The predicted molar refractivity (Wildman–Crippen MR) is 55.4 cm³/mol. The molecule has 7 heteroatoms. The fraction of sp³-hybridized carbons (Fsp3) is 0.364. The first-order chi connectivity index (χ1) is 8.29. The Morgan fingerprint density at radius 1 is 1.28 bits per heavy atom. The number of aliphatic carboxylic acids is 1. The quantitative estimate of drug-likeness (QED) is 0.905. The monoisotopic (exact) mass is 264 g/mol. The summed E-state index contributed by atoms with van der Waals surface area (Å²) in [5, 5.41) is 8.89. The van der Waals surface area contributed by atoms with E-state index in [4.69, 9.17) is 9.84 Å². The van der Waals surface area contributed by atoms with Gasteiger partial charge in [-0.2, -0.15) is 13.2 Å². The molecular formula is C11H11F3O4. The van der Waals surface area contributed by atoms with Crippen molar-refractivity contribution in [2.45, 2.75) is 11.8 Å². The molecule has 4 nitrogen and oxygen atoms in total. The average Bonchev–Trinajstić information content (AvgIpc) is 2.28. The summed E-state index contributed by atoms with van der Waals surface area (Å²) >= 11 is 0. The maximum absolute atomic E-state index is 13.0.